The molecule has 0 saturated carbocycles. The van der Waals surface area contributed by atoms with Gasteiger partial charge in [0.15, 0.2) is 11.8 Å². The van der Waals surface area contributed by atoms with Crippen molar-refractivity contribution < 1.29 is 18.3 Å². The number of esters is 1. The number of benzene rings is 1. The monoisotopic (exact) mass is 401 g/mol. The van der Waals surface area contributed by atoms with Crippen molar-refractivity contribution in [3.05, 3.63) is 64.6 Å². The predicted molar refractivity (Wildman–Crippen MR) is 98.9 cm³/mol. The van der Waals surface area contributed by atoms with Crippen LogP contribution in [0.25, 0.3) is 21.3 Å². The normalized spacial score (nSPS) is 12.1. The summed E-state index contributed by atoms with van der Waals surface area (Å²) >= 11 is 2.93. The van der Waals surface area contributed by atoms with Gasteiger partial charge in [-0.2, -0.15) is 0 Å². The molecule has 9 heteroatoms. The summed E-state index contributed by atoms with van der Waals surface area (Å²) < 4.78 is 23.9. The highest BCUT2D eigenvalue weighted by Crippen LogP contribution is 2.29. The van der Waals surface area contributed by atoms with E-state index in [4.69, 9.17) is 9.15 Å². The SMILES string of the molecule is C[C@@H](OC(=O)c1csc(-c2cccs2)n1)c1nnc(-c2ccc(F)cc2)o1. The molecule has 0 aliphatic carbocycles. The van der Waals surface area contributed by atoms with Crippen LogP contribution in [-0.2, 0) is 4.74 Å². The number of thiazole rings is 1. The number of halogens is 1. The quantitative estimate of drug-likeness (QED) is 0.439. The molecule has 0 saturated heterocycles. The van der Waals surface area contributed by atoms with Crippen LogP contribution in [0.15, 0.2) is 51.6 Å². The third kappa shape index (κ3) is 3.79. The minimum absolute atomic E-state index is 0.149. The number of hydrogen-bond acceptors (Lipinski definition) is 8. The van der Waals surface area contributed by atoms with Gasteiger partial charge in [0.05, 0.1) is 4.88 Å². The fraction of sp³-hybridized carbons (Fsp3) is 0.111. The first kappa shape index (κ1) is 17.5. The summed E-state index contributed by atoms with van der Waals surface area (Å²) in [4.78, 5) is 17.6. The van der Waals surface area contributed by atoms with E-state index in [9.17, 15) is 9.18 Å². The van der Waals surface area contributed by atoms with Gasteiger partial charge in [0.25, 0.3) is 5.89 Å². The van der Waals surface area contributed by atoms with Gasteiger partial charge in [-0.1, -0.05) is 6.07 Å². The summed E-state index contributed by atoms with van der Waals surface area (Å²) in [5.41, 5.74) is 0.808. The molecule has 3 heterocycles. The Labute approximate surface area is 161 Å². The molecule has 0 unspecified atom stereocenters. The van der Waals surface area contributed by atoms with Crippen molar-refractivity contribution in [2.24, 2.45) is 0 Å². The topological polar surface area (TPSA) is 78.1 Å². The molecule has 1 aromatic carbocycles. The zero-order valence-corrected chi connectivity index (χ0v) is 15.6. The van der Waals surface area contributed by atoms with Crippen molar-refractivity contribution in [2.45, 2.75) is 13.0 Å². The molecule has 0 spiro atoms. The van der Waals surface area contributed by atoms with Gasteiger partial charge in [0, 0.05) is 10.9 Å². The molecule has 4 aromatic rings. The fourth-order valence-electron chi connectivity index (χ4n) is 2.26. The van der Waals surface area contributed by atoms with Crippen LogP contribution in [0.4, 0.5) is 4.39 Å². The maximum Gasteiger partial charge on any atom is 0.358 e. The zero-order chi connectivity index (χ0) is 18.8. The van der Waals surface area contributed by atoms with E-state index in [0.717, 1.165) is 9.88 Å². The largest absolute Gasteiger partial charge is 0.448 e. The summed E-state index contributed by atoms with van der Waals surface area (Å²) in [5.74, 6) is -0.549. The lowest BCUT2D eigenvalue weighted by atomic mass is 10.2. The Hall–Kier alpha value is -2.91. The molecular formula is C18H12FN3O3S2. The van der Waals surface area contributed by atoms with Crippen molar-refractivity contribution in [3.63, 3.8) is 0 Å². The number of thiophene rings is 1. The van der Waals surface area contributed by atoms with Gasteiger partial charge in [-0.25, -0.2) is 14.2 Å². The molecule has 0 radical (unpaired) electrons. The van der Waals surface area contributed by atoms with Crippen LogP contribution in [0, 0.1) is 5.82 Å². The summed E-state index contributed by atoms with van der Waals surface area (Å²) in [6, 6.07) is 9.54. The predicted octanol–water partition coefficient (Wildman–Crippen LogP) is 4.98. The highest BCUT2D eigenvalue weighted by molar-refractivity contribution is 7.20. The Balaban J connectivity index is 1.45. The number of carbonyl (C=O) groups is 1. The van der Waals surface area contributed by atoms with Gasteiger partial charge < -0.3 is 9.15 Å². The van der Waals surface area contributed by atoms with Crippen LogP contribution >= 0.6 is 22.7 Å². The maximum atomic E-state index is 13.0. The highest BCUT2D eigenvalue weighted by Gasteiger charge is 2.22. The Kier molecular flexibility index (Phi) is 4.78. The van der Waals surface area contributed by atoms with E-state index < -0.39 is 12.1 Å². The van der Waals surface area contributed by atoms with Gasteiger partial charge in [-0.3, -0.25) is 0 Å². The molecule has 1 atom stereocenters. The molecule has 27 heavy (non-hydrogen) atoms. The molecular weight excluding hydrogens is 389 g/mol. The lowest BCUT2D eigenvalue weighted by Crippen LogP contribution is -2.10. The average Bonchev–Trinajstić information content (AvgIpc) is 3.42. The Bertz CT molecular complexity index is 1060. The van der Waals surface area contributed by atoms with E-state index in [1.807, 2.05) is 17.5 Å². The van der Waals surface area contributed by atoms with Crippen LogP contribution in [-0.4, -0.2) is 21.2 Å². The van der Waals surface area contributed by atoms with Crippen molar-refractivity contribution in [1.82, 2.24) is 15.2 Å². The Morgan fingerprint density at radius 1 is 1.19 bits per heavy atom. The van der Waals surface area contributed by atoms with Crippen LogP contribution in [0.2, 0.25) is 0 Å². The van der Waals surface area contributed by atoms with Crippen LogP contribution < -0.4 is 0 Å². The summed E-state index contributed by atoms with van der Waals surface area (Å²) in [5, 5.41) is 12.2. The van der Waals surface area contributed by atoms with E-state index in [1.54, 1.807) is 23.6 Å². The number of nitrogens with zero attached hydrogens (tertiary/aromatic N) is 3. The van der Waals surface area contributed by atoms with Gasteiger partial charge in [0.2, 0.25) is 5.89 Å². The zero-order valence-electron chi connectivity index (χ0n) is 14.0. The van der Waals surface area contributed by atoms with E-state index in [1.165, 1.54) is 35.6 Å². The van der Waals surface area contributed by atoms with Crippen molar-refractivity contribution in [2.75, 3.05) is 0 Å². The minimum Gasteiger partial charge on any atom is -0.448 e. The van der Waals surface area contributed by atoms with Crippen molar-refractivity contribution in [1.29, 1.82) is 0 Å². The first-order chi connectivity index (χ1) is 13.1. The van der Waals surface area contributed by atoms with Gasteiger partial charge in [-0.05, 0) is 42.6 Å². The molecule has 4 rings (SSSR count). The second-order valence-corrected chi connectivity index (χ2v) is 7.32. The molecule has 0 fully saturated rings. The van der Waals surface area contributed by atoms with Crippen LogP contribution in [0.5, 0.6) is 0 Å². The number of rotatable bonds is 5. The molecule has 0 aliphatic rings. The molecule has 3 aromatic heterocycles. The number of carbonyl (C=O) groups excluding carboxylic acids is 1. The summed E-state index contributed by atoms with van der Waals surface area (Å²) in [6.07, 6.45) is -0.744. The van der Waals surface area contributed by atoms with Gasteiger partial charge in [0.1, 0.15) is 10.8 Å². The van der Waals surface area contributed by atoms with E-state index in [0.29, 0.717) is 5.56 Å². The Morgan fingerprint density at radius 3 is 2.74 bits per heavy atom. The standard InChI is InChI=1S/C18H12FN3O3S2/c1-10(15-21-22-16(25-15)11-4-6-12(19)7-5-11)24-18(23)13-9-27-17(20-13)14-3-2-8-26-14/h2-10H,1H3/t10-/m1/s1. The molecule has 6 nitrogen and oxygen atoms in total. The number of aromatic nitrogens is 3. The minimum atomic E-state index is -0.744. The van der Waals surface area contributed by atoms with Crippen LogP contribution in [0.1, 0.15) is 29.4 Å². The van der Waals surface area contributed by atoms with E-state index in [-0.39, 0.29) is 23.3 Å². The number of ether oxygens (including phenoxy) is 1. The molecule has 136 valence electrons. The van der Waals surface area contributed by atoms with Gasteiger partial charge >= 0.3 is 5.97 Å². The smallest absolute Gasteiger partial charge is 0.358 e. The first-order valence-electron chi connectivity index (χ1n) is 7.90. The second-order valence-electron chi connectivity index (χ2n) is 5.52. The van der Waals surface area contributed by atoms with Crippen molar-refractivity contribution >= 4 is 28.6 Å². The van der Waals surface area contributed by atoms with E-state index >= 15 is 0 Å². The third-order valence-corrected chi connectivity index (χ3v) is 5.49. The Morgan fingerprint density at radius 2 is 2.00 bits per heavy atom. The average molecular weight is 401 g/mol. The molecule has 0 N–H and O–H groups in total. The summed E-state index contributed by atoms with van der Waals surface area (Å²) in [7, 11) is 0. The third-order valence-electron chi connectivity index (χ3n) is 3.61. The summed E-state index contributed by atoms with van der Waals surface area (Å²) in [6.45, 7) is 1.63. The highest BCUT2D eigenvalue weighted by atomic mass is 32.1. The van der Waals surface area contributed by atoms with Gasteiger partial charge in [-0.15, -0.1) is 32.9 Å². The first-order valence-corrected chi connectivity index (χ1v) is 9.66. The maximum absolute atomic E-state index is 13.0. The fourth-order valence-corrected chi connectivity index (χ4v) is 3.86. The molecule has 0 bridgehead atoms. The lowest BCUT2D eigenvalue weighted by Gasteiger charge is -2.07. The number of hydrogen-bond donors (Lipinski definition) is 0. The molecule has 0 aliphatic heterocycles. The van der Waals surface area contributed by atoms with E-state index in [2.05, 4.69) is 15.2 Å². The van der Waals surface area contributed by atoms with Crippen molar-refractivity contribution in [3.8, 4) is 21.3 Å². The second kappa shape index (κ2) is 7.37. The molecule has 0 amide bonds. The lowest BCUT2D eigenvalue weighted by molar-refractivity contribution is 0.0274. The van der Waals surface area contributed by atoms with Crippen LogP contribution in [0.3, 0.4) is 0 Å².